The number of carbonyl (C=O) groups is 2. The van der Waals surface area contributed by atoms with Crippen molar-refractivity contribution in [1.82, 2.24) is 10.1 Å². The number of carbonyl (C=O) groups excluding carboxylic acids is 2. The molecule has 30 heavy (non-hydrogen) atoms. The lowest BCUT2D eigenvalue weighted by Crippen LogP contribution is -2.39. The summed E-state index contributed by atoms with van der Waals surface area (Å²) in [7, 11) is 0. The molecule has 154 valence electrons. The Labute approximate surface area is 173 Å². The van der Waals surface area contributed by atoms with Crippen molar-refractivity contribution >= 4 is 17.5 Å². The number of nitrogens with one attached hydrogen (secondary N) is 1. The largest absolute Gasteiger partial charge is 0.360 e. The molecule has 1 saturated heterocycles. The van der Waals surface area contributed by atoms with Gasteiger partial charge in [-0.1, -0.05) is 29.4 Å². The first-order valence-corrected chi connectivity index (χ1v) is 9.89. The van der Waals surface area contributed by atoms with Gasteiger partial charge in [-0.25, -0.2) is 4.39 Å². The third-order valence-corrected chi connectivity index (χ3v) is 5.33. The van der Waals surface area contributed by atoms with Gasteiger partial charge < -0.3 is 14.7 Å². The van der Waals surface area contributed by atoms with Crippen molar-refractivity contribution in [3.05, 3.63) is 83.0 Å². The minimum absolute atomic E-state index is 0.0673. The van der Waals surface area contributed by atoms with E-state index in [1.165, 1.54) is 12.1 Å². The number of hydrogen-bond acceptors (Lipinski definition) is 4. The molecule has 2 amide bonds. The highest BCUT2D eigenvalue weighted by molar-refractivity contribution is 6.02. The average molecular weight is 407 g/mol. The maximum absolute atomic E-state index is 13.6. The third-order valence-electron chi connectivity index (χ3n) is 5.33. The number of aryl methyl sites for hydroxylation is 1. The first-order valence-electron chi connectivity index (χ1n) is 9.89. The number of para-hydroxylation sites is 1. The van der Waals surface area contributed by atoms with Gasteiger partial charge in [0.25, 0.3) is 11.8 Å². The summed E-state index contributed by atoms with van der Waals surface area (Å²) in [5.41, 5.74) is 1.98. The lowest BCUT2D eigenvalue weighted by Gasteiger charge is -2.32. The van der Waals surface area contributed by atoms with Gasteiger partial charge in [-0.3, -0.25) is 9.59 Å². The average Bonchev–Trinajstić information content (AvgIpc) is 3.26. The van der Waals surface area contributed by atoms with Crippen LogP contribution >= 0.6 is 0 Å². The van der Waals surface area contributed by atoms with Crippen molar-refractivity contribution in [3.63, 3.8) is 0 Å². The molecule has 1 aliphatic rings. The molecule has 0 saturated carbocycles. The van der Waals surface area contributed by atoms with Crippen LogP contribution in [0.3, 0.4) is 0 Å². The van der Waals surface area contributed by atoms with E-state index in [9.17, 15) is 14.0 Å². The summed E-state index contributed by atoms with van der Waals surface area (Å²) in [5.74, 6) is -0.473. The number of anilines is 1. The number of nitrogens with zero attached hydrogens (tertiary/aromatic N) is 2. The fourth-order valence-corrected chi connectivity index (χ4v) is 3.69. The number of aromatic nitrogens is 1. The SMILES string of the molecule is Cc1ccc(F)cc1C(=O)N1CCCC(c2cc(C(=O)Nc3ccccc3)no2)C1. The van der Waals surface area contributed by atoms with Crippen molar-refractivity contribution in [3.8, 4) is 0 Å². The number of rotatable bonds is 4. The van der Waals surface area contributed by atoms with Crippen LogP contribution < -0.4 is 5.32 Å². The normalized spacial score (nSPS) is 16.3. The molecule has 4 rings (SSSR count). The van der Waals surface area contributed by atoms with Gasteiger partial charge in [0.1, 0.15) is 11.6 Å². The van der Waals surface area contributed by atoms with Crippen molar-refractivity contribution in [2.45, 2.75) is 25.7 Å². The van der Waals surface area contributed by atoms with Gasteiger partial charge in [-0.05, 0) is 49.6 Å². The van der Waals surface area contributed by atoms with Gasteiger partial charge in [0.2, 0.25) is 0 Å². The first-order chi connectivity index (χ1) is 14.5. The highest BCUT2D eigenvalue weighted by atomic mass is 19.1. The standard InChI is InChI=1S/C23H22FN3O3/c1-15-9-10-17(24)12-19(15)23(29)27-11-5-6-16(14-27)21-13-20(26-30-21)22(28)25-18-7-3-2-4-8-18/h2-4,7-10,12-13,16H,5-6,11,14H2,1H3,(H,25,28). The molecule has 1 aromatic heterocycles. The first kappa shape index (κ1) is 19.8. The quantitative estimate of drug-likeness (QED) is 0.696. The molecular formula is C23H22FN3O3. The highest BCUT2D eigenvalue weighted by Gasteiger charge is 2.29. The Balaban J connectivity index is 1.45. The number of piperidine rings is 1. The molecule has 1 N–H and O–H groups in total. The predicted molar refractivity (Wildman–Crippen MR) is 110 cm³/mol. The molecule has 6 nitrogen and oxygen atoms in total. The van der Waals surface area contributed by atoms with Gasteiger partial charge in [0, 0.05) is 36.3 Å². The zero-order valence-electron chi connectivity index (χ0n) is 16.6. The van der Waals surface area contributed by atoms with Crippen LogP contribution in [-0.4, -0.2) is 35.0 Å². The fraction of sp³-hybridized carbons (Fsp3) is 0.261. The van der Waals surface area contributed by atoms with Crippen molar-refractivity contribution in [2.75, 3.05) is 18.4 Å². The molecule has 0 spiro atoms. The summed E-state index contributed by atoms with van der Waals surface area (Å²) in [4.78, 5) is 27.0. The lowest BCUT2D eigenvalue weighted by molar-refractivity contribution is 0.0696. The number of amides is 2. The Hall–Kier alpha value is -3.48. The van der Waals surface area contributed by atoms with Gasteiger partial charge >= 0.3 is 0 Å². The number of benzene rings is 2. The Bertz CT molecular complexity index is 1060. The molecular weight excluding hydrogens is 385 g/mol. The van der Waals surface area contributed by atoms with Crippen LogP contribution in [0.4, 0.5) is 10.1 Å². The highest BCUT2D eigenvalue weighted by Crippen LogP contribution is 2.29. The number of halogens is 1. The van der Waals surface area contributed by atoms with E-state index in [4.69, 9.17) is 4.52 Å². The Morgan fingerprint density at radius 3 is 2.77 bits per heavy atom. The van der Waals surface area contributed by atoms with Crippen LogP contribution in [0.2, 0.25) is 0 Å². The lowest BCUT2D eigenvalue weighted by atomic mass is 9.94. The molecule has 1 atom stereocenters. The van der Waals surface area contributed by atoms with E-state index in [1.807, 2.05) is 18.2 Å². The van der Waals surface area contributed by atoms with E-state index in [0.29, 0.717) is 30.1 Å². The van der Waals surface area contributed by atoms with Crippen LogP contribution in [0, 0.1) is 12.7 Å². The van der Waals surface area contributed by atoms with Crippen molar-refractivity contribution < 1.29 is 18.5 Å². The topological polar surface area (TPSA) is 75.4 Å². The monoisotopic (exact) mass is 407 g/mol. The van der Waals surface area contributed by atoms with Gasteiger partial charge in [-0.15, -0.1) is 0 Å². The molecule has 0 aliphatic carbocycles. The summed E-state index contributed by atoms with van der Waals surface area (Å²) >= 11 is 0. The second-order valence-electron chi connectivity index (χ2n) is 7.48. The maximum Gasteiger partial charge on any atom is 0.277 e. The van der Waals surface area contributed by atoms with Gasteiger partial charge in [0.05, 0.1) is 0 Å². The summed E-state index contributed by atoms with van der Waals surface area (Å²) in [6.07, 6.45) is 1.61. The van der Waals surface area contributed by atoms with Crippen LogP contribution in [0.25, 0.3) is 0 Å². The predicted octanol–water partition coefficient (Wildman–Crippen LogP) is 4.39. The van der Waals surface area contributed by atoms with E-state index in [1.54, 1.807) is 36.1 Å². The smallest absolute Gasteiger partial charge is 0.277 e. The number of likely N-dealkylation sites (tertiary alicyclic amines) is 1. The minimum atomic E-state index is -0.429. The zero-order valence-corrected chi connectivity index (χ0v) is 16.6. The molecule has 0 bridgehead atoms. The molecule has 1 unspecified atom stereocenters. The molecule has 2 aromatic carbocycles. The van der Waals surface area contributed by atoms with Crippen molar-refractivity contribution in [1.29, 1.82) is 0 Å². The fourth-order valence-electron chi connectivity index (χ4n) is 3.69. The second kappa shape index (κ2) is 8.49. The molecule has 7 heteroatoms. The third kappa shape index (κ3) is 4.25. The minimum Gasteiger partial charge on any atom is -0.360 e. The van der Waals surface area contributed by atoms with Crippen LogP contribution in [0.15, 0.2) is 59.1 Å². The summed E-state index contributed by atoms with van der Waals surface area (Å²) < 4.78 is 19.0. The molecule has 1 aliphatic heterocycles. The molecule has 1 fully saturated rings. The summed E-state index contributed by atoms with van der Waals surface area (Å²) in [6.45, 7) is 2.83. The van der Waals surface area contributed by atoms with E-state index >= 15 is 0 Å². The Morgan fingerprint density at radius 1 is 1.17 bits per heavy atom. The summed E-state index contributed by atoms with van der Waals surface area (Å²) in [5, 5.41) is 6.67. The Kier molecular flexibility index (Phi) is 5.61. The summed E-state index contributed by atoms with van der Waals surface area (Å²) in [6, 6.07) is 15.0. The zero-order chi connectivity index (χ0) is 21.1. The van der Waals surface area contributed by atoms with Gasteiger partial charge in [0.15, 0.2) is 5.69 Å². The molecule has 2 heterocycles. The van der Waals surface area contributed by atoms with E-state index < -0.39 is 5.82 Å². The van der Waals surface area contributed by atoms with E-state index in [2.05, 4.69) is 10.5 Å². The molecule has 0 radical (unpaired) electrons. The maximum atomic E-state index is 13.6. The van der Waals surface area contributed by atoms with Crippen LogP contribution in [0.5, 0.6) is 0 Å². The second-order valence-corrected chi connectivity index (χ2v) is 7.48. The van der Waals surface area contributed by atoms with E-state index in [0.717, 1.165) is 18.4 Å². The van der Waals surface area contributed by atoms with Crippen molar-refractivity contribution in [2.24, 2.45) is 0 Å². The Morgan fingerprint density at radius 2 is 1.97 bits per heavy atom. The van der Waals surface area contributed by atoms with E-state index in [-0.39, 0.29) is 23.4 Å². The molecule has 3 aromatic rings. The van der Waals surface area contributed by atoms with Crippen LogP contribution in [0.1, 0.15) is 50.9 Å². The number of hydrogen-bond donors (Lipinski definition) is 1. The van der Waals surface area contributed by atoms with Crippen LogP contribution in [-0.2, 0) is 0 Å². The van der Waals surface area contributed by atoms with Gasteiger partial charge in [-0.2, -0.15) is 0 Å².